The normalized spacial score (nSPS) is 20.3. The average molecular weight is 373 g/mol. The molecule has 0 unspecified atom stereocenters. The van der Waals surface area contributed by atoms with Crippen molar-refractivity contribution in [1.29, 1.82) is 0 Å². The van der Waals surface area contributed by atoms with Crippen LogP contribution in [0.5, 0.6) is 0 Å². The summed E-state index contributed by atoms with van der Waals surface area (Å²) in [4.78, 5) is 17.2. The summed E-state index contributed by atoms with van der Waals surface area (Å²) < 4.78 is 0. The Hall–Kier alpha value is -1.43. The number of nitrogens with zero attached hydrogens (tertiary/aromatic N) is 2. The second-order valence-corrected chi connectivity index (χ2v) is 8.17. The highest BCUT2D eigenvalue weighted by Crippen LogP contribution is 2.16. The molecule has 1 saturated carbocycles. The summed E-state index contributed by atoms with van der Waals surface area (Å²) in [5.74, 6) is 0.0313. The first kappa shape index (κ1) is 20.3. The quantitative estimate of drug-likeness (QED) is 0.570. The van der Waals surface area contributed by atoms with E-state index in [-0.39, 0.29) is 5.91 Å². The van der Waals surface area contributed by atoms with Gasteiger partial charge in [-0.2, -0.15) is 0 Å². The fourth-order valence-electron chi connectivity index (χ4n) is 4.06. The average Bonchev–Trinajstić information content (AvgIpc) is 2.96. The summed E-state index contributed by atoms with van der Waals surface area (Å²) in [5.41, 5.74) is 2.04. The Kier molecular flexibility index (Phi) is 8.11. The Bertz CT molecular complexity index is 558. The van der Waals surface area contributed by atoms with Gasteiger partial charge in [-0.15, -0.1) is 0 Å². The highest BCUT2D eigenvalue weighted by molar-refractivity contribution is 5.94. The molecule has 5 nitrogen and oxygen atoms in total. The van der Waals surface area contributed by atoms with Crippen LogP contribution in [0.2, 0.25) is 0 Å². The molecule has 2 aliphatic rings. The van der Waals surface area contributed by atoms with Gasteiger partial charge in [0.25, 0.3) is 5.91 Å². The first-order chi connectivity index (χ1) is 13.2. The minimum atomic E-state index is 0.0313. The van der Waals surface area contributed by atoms with Gasteiger partial charge in [-0.25, -0.2) is 0 Å². The molecule has 3 rings (SSSR count). The molecule has 1 saturated heterocycles. The van der Waals surface area contributed by atoms with Crippen LogP contribution in [0.25, 0.3) is 0 Å². The zero-order valence-electron chi connectivity index (χ0n) is 16.9. The number of carbonyl (C=O) groups is 1. The summed E-state index contributed by atoms with van der Waals surface area (Å²) >= 11 is 0. The van der Waals surface area contributed by atoms with E-state index >= 15 is 0 Å². The minimum absolute atomic E-state index is 0.0313. The highest BCUT2D eigenvalue weighted by Gasteiger charge is 2.14. The third kappa shape index (κ3) is 6.91. The fourth-order valence-corrected chi connectivity index (χ4v) is 4.06. The maximum Gasteiger partial charge on any atom is 0.251 e. The number of rotatable bonds is 7. The van der Waals surface area contributed by atoms with E-state index in [1.807, 2.05) is 12.1 Å². The molecule has 1 amide bonds. The van der Waals surface area contributed by atoms with Gasteiger partial charge in [0, 0.05) is 57.4 Å². The van der Waals surface area contributed by atoms with Crippen LogP contribution in [-0.4, -0.2) is 68.1 Å². The largest absolute Gasteiger partial charge is 0.351 e. The van der Waals surface area contributed by atoms with Crippen LogP contribution < -0.4 is 10.6 Å². The van der Waals surface area contributed by atoms with Gasteiger partial charge in [-0.05, 0) is 37.6 Å². The molecule has 0 spiro atoms. The number of carbonyl (C=O) groups excluding carboxylic acids is 1. The molecule has 2 fully saturated rings. The molecule has 2 N–H and O–H groups in total. The Labute approximate surface area is 164 Å². The van der Waals surface area contributed by atoms with Crippen LogP contribution in [-0.2, 0) is 6.54 Å². The minimum Gasteiger partial charge on any atom is -0.351 e. The fraction of sp³-hybridized carbons (Fsp3) is 0.682. The topological polar surface area (TPSA) is 47.6 Å². The van der Waals surface area contributed by atoms with Gasteiger partial charge in [-0.1, -0.05) is 37.8 Å². The monoisotopic (exact) mass is 372 g/mol. The molecule has 5 heteroatoms. The summed E-state index contributed by atoms with van der Waals surface area (Å²) in [6.45, 7) is 7.03. The molecule has 1 aliphatic heterocycles. The van der Waals surface area contributed by atoms with Gasteiger partial charge >= 0.3 is 0 Å². The Balaban J connectivity index is 1.35. The van der Waals surface area contributed by atoms with Crippen molar-refractivity contribution in [2.24, 2.45) is 0 Å². The molecular weight excluding hydrogens is 336 g/mol. The molecule has 1 aromatic rings. The van der Waals surface area contributed by atoms with Crippen molar-refractivity contribution >= 4 is 5.91 Å². The zero-order chi connectivity index (χ0) is 18.9. The number of likely N-dealkylation sites (N-methyl/N-ethyl adjacent to an activating group) is 1. The van der Waals surface area contributed by atoms with Crippen LogP contribution in [0.15, 0.2) is 24.3 Å². The van der Waals surface area contributed by atoms with Crippen molar-refractivity contribution in [1.82, 2.24) is 20.4 Å². The van der Waals surface area contributed by atoms with E-state index in [0.29, 0.717) is 12.6 Å². The second-order valence-electron chi connectivity index (χ2n) is 8.17. The maximum atomic E-state index is 12.3. The van der Waals surface area contributed by atoms with E-state index in [4.69, 9.17) is 0 Å². The van der Waals surface area contributed by atoms with Crippen LogP contribution in [0.3, 0.4) is 0 Å². The number of benzene rings is 1. The lowest BCUT2D eigenvalue weighted by molar-refractivity contribution is 0.0953. The summed E-state index contributed by atoms with van der Waals surface area (Å²) in [5, 5.41) is 6.64. The van der Waals surface area contributed by atoms with Gasteiger partial charge in [0.1, 0.15) is 0 Å². The third-order valence-corrected chi connectivity index (χ3v) is 5.92. The predicted octanol–water partition coefficient (Wildman–Crippen LogP) is 2.48. The van der Waals surface area contributed by atoms with Crippen LogP contribution >= 0.6 is 0 Å². The van der Waals surface area contributed by atoms with E-state index in [1.165, 1.54) is 44.1 Å². The van der Waals surface area contributed by atoms with Crippen LogP contribution in [0.4, 0.5) is 0 Å². The summed E-state index contributed by atoms with van der Waals surface area (Å²) in [6.07, 6.45) is 7.99. The number of amides is 1. The van der Waals surface area contributed by atoms with Gasteiger partial charge in [0.2, 0.25) is 0 Å². The predicted molar refractivity (Wildman–Crippen MR) is 111 cm³/mol. The number of hydrogen-bond acceptors (Lipinski definition) is 4. The molecule has 1 heterocycles. The Morgan fingerprint density at radius 2 is 1.63 bits per heavy atom. The van der Waals surface area contributed by atoms with Crippen molar-refractivity contribution in [2.75, 3.05) is 46.3 Å². The number of hydrogen-bond donors (Lipinski definition) is 2. The van der Waals surface area contributed by atoms with Crippen molar-refractivity contribution in [2.45, 2.75) is 51.1 Å². The van der Waals surface area contributed by atoms with E-state index < -0.39 is 0 Å². The van der Waals surface area contributed by atoms with Crippen molar-refractivity contribution in [3.63, 3.8) is 0 Å². The van der Waals surface area contributed by atoms with E-state index in [2.05, 4.69) is 39.6 Å². The number of nitrogens with one attached hydrogen (secondary N) is 2. The van der Waals surface area contributed by atoms with Crippen molar-refractivity contribution in [3.8, 4) is 0 Å². The molecule has 0 atom stereocenters. The van der Waals surface area contributed by atoms with Crippen molar-refractivity contribution < 1.29 is 4.79 Å². The van der Waals surface area contributed by atoms with Crippen LogP contribution in [0, 0.1) is 0 Å². The molecule has 150 valence electrons. The molecule has 0 radical (unpaired) electrons. The lowest BCUT2D eigenvalue weighted by Gasteiger charge is -2.32. The smallest absolute Gasteiger partial charge is 0.251 e. The summed E-state index contributed by atoms with van der Waals surface area (Å²) in [6, 6.07) is 8.74. The molecule has 1 aromatic carbocycles. The first-order valence-electron chi connectivity index (χ1n) is 10.7. The molecule has 0 aromatic heterocycles. The van der Waals surface area contributed by atoms with Gasteiger partial charge in [0.15, 0.2) is 0 Å². The van der Waals surface area contributed by atoms with Gasteiger partial charge in [-0.3, -0.25) is 9.69 Å². The molecule has 1 aliphatic carbocycles. The molecule has 27 heavy (non-hydrogen) atoms. The molecular formula is C22H36N4O. The standard InChI is InChI=1S/C22H36N4O/c1-25-14-16-26(17-15-25)18-19-8-10-20(11-9-19)22(27)24-13-12-23-21-6-4-2-3-5-7-21/h8-11,21,23H,2-7,12-18H2,1H3,(H,24,27). The van der Waals surface area contributed by atoms with E-state index in [0.717, 1.165) is 44.8 Å². The highest BCUT2D eigenvalue weighted by atomic mass is 16.1. The Morgan fingerprint density at radius 1 is 0.963 bits per heavy atom. The third-order valence-electron chi connectivity index (χ3n) is 5.92. The number of piperazine rings is 1. The van der Waals surface area contributed by atoms with E-state index in [9.17, 15) is 4.79 Å². The summed E-state index contributed by atoms with van der Waals surface area (Å²) in [7, 11) is 2.18. The van der Waals surface area contributed by atoms with Gasteiger partial charge < -0.3 is 15.5 Å². The SMILES string of the molecule is CN1CCN(Cc2ccc(C(=O)NCCNC3CCCCCC3)cc2)CC1. The second kappa shape index (κ2) is 10.8. The maximum absolute atomic E-state index is 12.3. The zero-order valence-corrected chi connectivity index (χ0v) is 16.9. The Morgan fingerprint density at radius 3 is 2.30 bits per heavy atom. The molecule has 0 bridgehead atoms. The lowest BCUT2D eigenvalue weighted by Crippen LogP contribution is -2.43. The lowest BCUT2D eigenvalue weighted by atomic mass is 10.1. The van der Waals surface area contributed by atoms with Gasteiger partial charge in [0.05, 0.1) is 0 Å². The van der Waals surface area contributed by atoms with Crippen LogP contribution in [0.1, 0.15) is 54.4 Å². The first-order valence-corrected chi connectivity index (χ1v) is 10.7. The van der Waals surface area contributed by atoms with Crippen molar-refractivity contribution in [3.05, 3.63) is 35.4 Å². The van der Waals surface area contributed by atoms with E-state index in [1.54, 1.807) is 0 Å².